The Morgan fingerprint density at radius 2 is 1.57 bits per heavy atom. The Hall–Kier alpha value is -2.64. The highest BCUT2D eigenvalue weighted by Gasteiger charge is 2.23. The average Bonchev–Trinajstić information content (AvgIpc) is 2.55. The average molecular weight is 280 g/mol. The van der Waals surface area contributed by atoms with Gasteiger partial charge >= 0.3 is 0 Å². The summed E-state index contributed by atoms with van der Waals surface area (Å²) in [5, 5.41) is 21.4. The Labute approximate surface area is 123 Å². The normalized spacial score (nSPS) is 13.0. The summed E-state index contributed by atoms with van der Waals surface area (Å²) in [6.45, 7) is -0.220. The Morgan fingerprint density at radius 1 is 1.05 bits per heavy atom. The number of nitrogens with zero attached hydrogens (tertiary/aromatic N) is 1. The molecule has 106 valence electrons. The molecule has 2 rings (SSSR count). The maximum Gasteiger partial charge on any atom is 0.242 e. The number of benzene rings is 2. The highest BCUT2D eigenvalue weighted by Crippen LogP contribution is 2.18. The quantitative estimate of drug-likeness (QED) is 0.881. The van der Waals surface area contributed by atoms with Gasteiger partial charge in [-0.05, 0) is 11.1 Å². The van der Waals surface area contributed by atoms with Gasteiger partial charge in [0.2, 0.25) is 5.91 Å². The predicted octanol–water partition coefficient (Wildman–Crippen LogP) is 2.14. The number of hydrogen-bond acceptors (Lipinski definition) is 3. The molecule has 2 aromatic carbocycles. The molecule has 1 amide bonds. The van der Waals surface area contributed by atoms with Crippen molar-refractivity contribution in [1.29, 1.82) is 5.26 Å². The first kappa shape index (κ1) is 14.8. The number of amides is 1. The number of carbonyl (C=O) groups excluding carboxylic acids is 1. The van der Waals surface area contributed by atoms with Gasteiger partial charge in [-0.1, -0.05) is 60.7 Å². The van der Waals surface area contributed by atoms with Crippen LogP contribution in [0.3, 0.4) is 0 Å². The van der Waals surface area contributed by atoms with E-state index in [1.54, 1.807) is 24.3 Å². The smallest absolute Gasteiger partial charge is 0.242 e. The van der Waals surface area contributed by atoms with Crippen molar-refractivity contribution >= 4 is 5.91 Å². The van der Waals surface area contributed by atoms with Crippen LogP contribution in [-0.2, 0) is 4.79 Å². The van der Waals surface area contributed by atoms with Crippen LogP contribution in [-0.4, -0.2) is 17.6 Å². The van der Waals surface area contributed by atoms with Crippen molar-refractivity contribution in [3.05, 3.63) is 71.8 Å². The summed E-state index contributed by atoms with van der Waals surface area (Å²) in [5.41, 5.74) is 1.44. The number of aliphatic hydroxyl groups is 1. The van der Waals surface area contributed by atoms with Crippen LogP contribution in [0.2, 0.25) is 0 Å². The van der Waals surface area contributed by atoms with E-state index in [0.29, 0.717) is 5.56 Å². The summed E-state index contributed by atoms with van der Waals surface area (Å²) < 4.78 is 0. The van der Waals surface area contributed by atoms with E-state index in [9.17, 15) is 15.2 Å². The monoisotopic (exact) mass is 280 g/mol. The molecule has 0 heterocycles. The molecule has 4 nitrogen and oxygen atoms in total. The SMILES string of the molecule is N#CC(C(=O)N[C@@H](CO)c1ccccc1)c1ccccc1. The van der Waals surface area contributed by atoms with Gasteiger partial charge in [0, 0.05) is 0 Å². The summed E-state index contributed by atoms with van der Waals surface area (Å²) in [6.07, 6.45) is 0. The third kappa shape index (κ3) is 3.68. The topological polar surface area (TPSA) is 73.1 Å². The highest BCUT2D eigenvalue weighted by molar-refractivity contribution is 5.86. The van der Waals surface area contributed by atoms with Crippen LogP contribution in [0.15, 0.2) is 60.7 Å². The van der Waals surface area contributed by atoms with E-state index in [4.69, 9.17) is 0 Å². The molecule has 0 aliphatic rings. The molecule has 2 atom stereocenters. The molecule has 0 aliphatic carbocycles. The van der Waals surface area contributed by atoms with E-state index >= 15 is 0 Å². The molecular weight excluding hydrogens is 264 g/mol. The number of rotatable bonds is 5. The largest absolute Gasteiger partial charge is 0.394 e. The molecule has 0 spiro atoms. The summed E-state index contributed by atoms with van der Waals surface area (Å²) in [5.74, 6) is -1.30. The molecule has 4 heteroatoms. The first-order chi connectivity index (χ1) is 10.3. The van der Waals surface area contributed by atoms with Gasteiger partial charge in [-0.15, -0.1) is 0 Å². The Bertz CT molecular complexity index is 620. The van der Waals surface area contributed by atoms with Crippen LogP contribution in [0.25, 0.3) is 0 Å². The lowest BCUT2D eigenvalue weighted by Crippen LogP contribution is -2.34. The second kappa shape index (κ2) is 7.22. The molecular formula is C17H16N2O2. The van der Waals surface area contributed by atoms with Crippen molar-refractivity contribution < 1.29 is 9.90 Å². The van der Waals surface area contributed by atoms with Crippen molar-refractivity contribution in [3.63, 3.8) is 0 Å². The molecule has 2 aromatic rings. The van der Waals surface area contributed by atoms with Gasteiger partial charge in [0.1, 0.15) is 5.92 Å². The Morgan fingerprint density at radius 3 is 2.05 bits per heavy atom. The van der Waals surface area contributed by atoms with Crippen molar-refractivity contribution in [2.75, 3.05) is 6.61 Å². The number of aliphatic hydroxyl groups excluding tert-OH is 1. The minimum Gasteiger partial charge on any atom is -0.394 e. The zero-order valence-electron chi connectivity index (χ0n) is 11.4. The maximum atomic E-state index is 12.3. The second-order valence-corrected chi connectivity index (χ2v) is 4.63. The van der Waals surface area contributed by atoms with Gasteiger partial charge < -0.3 is 10.4 Å². The van der Waals surface area contributed by atoms with E-state index in [0.717, 1.165) is 5.56 Å². The fraction of sp³-hybridized carbons (Fsp3) is 0.176. The molecule has 0 aliphatic heterocycles. The van der Waals surface area contributed by atoms with Gasteiger partial charge in [-0.25, -0.2) is 0 Å². The van der Waals surface area contributed by atoms with Crippen molar-refractivity contribution in [1.82, 2.24) is 5.32 Å². The van der Waals surface area contributed by atoms with Gasteiger partial charge in [0.15, 0.2) is 0 Å². The zero-order chi connectivity index (χ0) is 15.1. The van der Waals surface area contributed by atoms with Gasteiger partial charge in [0.25, 0.3) is 0 Å². The summed E-state index contributed by atoms with van der Waals surface area (Å²) in [6, 6.07) is 19.6. The highest BCUT2D eigenvalue weighted by atomic mass is 16.3. The minimum atomic E-state index is -0.885. The fourth-order valence-electron chi connectivity index (χ4n) is 2.10. The summed E-state index contributed by atoms with van der Waals surface area (Å²) >= 11 is 0. The lowest BCUT2D eigenvalue weighted by atomic mass is 9.98. The molecule has 0 saturated carbocycles. The Balaban J connectivity index is 2.14. The zero-order valence-corrected chi connectivity index (χ0v) is 11.4. The third-order valence-corrected chi connectivity index (χ3v) is 3.23. The van der Waals surface area contributed by atoms with Gasteiger partial charge in [0.05, 0.1) is 18.7 Å². The fourth-order valence-corrected chi connectivity index (χ4v) is 2.10. The molecule has 0 bridgehead atoms. The van der Waals surface area contributed by atoms with E-state index in [-0.39, 0.29) is 6.61 Å². The number of nitriles is 1. The van der Waals surface area contributed by atoms with E-state index in [2.05, 4.69) is 5.32 Å². The van der Waals surface area contributed by atoms with E-state index in [1.807, 2.05) is 42.5 Å². The van der Waals surface area contributed by atoms with Crippen molar-refractivity contribution in [2.45, 2.75) is 12.0 Å². The third-order valence-electron chi connectivity index (χ3n) is 3.23. The molecule has 2 N–H and O–H groups in total. The Kier molecular flexibility index (Phi) is 5.08. The summed E-state index contributed by atoms with van der Waals surface area (Å²) in [7, 11) is 0. The van der Waals surface area contributed by atoms with Gasteiger partial charge in [-0.3, -0.25) is 4.79 Å². The van der Waals surface area contributed by atoms with Crippen molar-refractivity contribution in [3.8, 4) is 6.07 Å². The second-order valence-electron chi connectivity index (χ2n) is 4.63. The van der Waals surface area contributed by atoms with Crippen LogP contribution in [0.4, 0.5) is 0 Å². The molecule has 0 radical (unpaired) electrons. The molecule has 0 saturated heterocycles. The van der Waals surface area contributed by atoms with Gasteiger partial charge in [-0.2, -0.15) is 5.26 Å². The first-order valence-electron chi connectivity index (χ1n) is 6.67. The number of carbonyl (C=O) groups is 1. The molecule has 21 heavy (non-hydrogen) atoms. The van der Waals surface area contributed by atoms with Crippen LogP contribution in [0, 0.1) is 11.3 Å². The maximum absolute atomic E-state index is 12.3. The number of nitrogens with one attached hydrogen (secondary N) is 1. The predicted molar refractivity (Wildman–Crippen MR) is 79.2 cm³/mol. The lowest BCUT2D eigenvalue weighted by molar-refractivity contribution is -0.122. The van der Waals surface area contributed by atoms with Crippen LogP contribution < -0.4 is 5.32 Å². The number of hydrogen-bond donors (Lipinski definition) is 2. The first-order valence-corrected chi connectivity index (χ1v) is 6.67. The minimum absolute atomic E-state index is 0.220. The van der Waals surface area contributed by atoms with Crippen molar-refractivity contribution in [2.24, 2.45) is 0 Å². The summed E-state index contributed by atoms with van der Waals surface area (Å²) in [4.78, 5) is 12.3. The standard InChI is InChI=1S/C17H16N2O2/c18-11-15(13-7-3-1-4-8-13)17(21)19-16(12-20)14-9-5-2-6-10-14/h1-10,15-16,20H,12H2,(H,19,21)/t15?,16-/m0/s1. The van der Waals surface area contributed by atoms with Crippen LogP contribution >= 0.6 is 0 Å². The van der Waals surface area contributed by atoms with E-state index in [1.165, 1.54) is 0 Å². The molecule has 0 fully saturated rings. The van der Waals surface area contributed by atoms with Crippen LogP contribution in [0.1, 0.15) is 23.1 Å². The molecule has 0 aromatic heterocycles. The lowest BCUT2D eigenvalue weighted by Gasteiger charge is -2.18. The van der Waals surface area contributed by atoms with Crippen LogP contribution in [0.5, 0.6) is 0 Å². The van der Waals surface area contributed by atoms with E-state index < -0.39 is 17.9 Å². The molecule has 1 unspecified atom stereocenters.